The predicted octanol–water partition coefficient (Wildman–Crippen LogP) is 5.82. The number of carbonyl (C=O) groups excluding carboxylic acids is 1. The minimum atomic E-state index is -4.40. The van der Waals surface area contributed by atoms with E-state index < -0.39 is 11.7 Å². The lowest BCUT2D eigenvalue weighted by atomic mass is 9.98. The Morgan fingerprint density at radius 1 is 0.935 bits per heavy atom. The number of nitrogens with zero attached hydrogens (tertiary/aromatic N) is 2. The molecule has 1 N–H and O–H groups in total. The first kappa shape index (κ1) is 20.7. The van der Waals surface area contributed by atoms with Crippen LogP contribution < -0.4 is 5.32 Å². The Balaban J connectivity index is 1.49. The standard InChI is InChI=1S/C23H16F3N3OS/c24-23(25,26)17-7-5-15(6-8-17)18-3-1-2-4-19(18)22(30)28-13-21-29-20(14-31-21)16-9-11-27-12-10-16/h1-12,14H,13H2,(H,28,30). The SMILES string of the molecule is O=C(NCc1nc(-c2ccncc2)cs1)c1ccccc1-c1ccc(C(F)(F)F)cc1. The van der Waals surface area contributed by atoms with E-state index in [2.05, 4.69) is 15.3 Å². The van der Waals surface area contributed by atoms with Gasteiger partial charge in [-0.25, -0.2) is 4.98 Å². The summed E-state index contributed by atoms with van der Waals surface area (Å²) in [6, 6.07) is 15.3. The molecule has 0 radical (unpaired) electrons. The van der Waals surface area contributed by atoms with Crippen molar-refractivity contribution in [3.63, 3.8) is 0 Å². The lowest BCUT2D eigenvalue weighted by Crippen LogP contribution is -2.23. The first-order valence-corrected chi connectivity index (χ1v) is 10.2. The van der Waals surface area contributed by atoms with Crippen molar-refractivity contribution in [2.75, 3.05) is 0 Å². The number of pyridine rings is 1. The normalized spacial score (nSPS) is 11.3. The predicted molar refractivity (Wildman–Crippen MR) is 113 cm³/mol. The molecule has 2 heterocycles. The summed E-state index contributed by atoms with van der Waals surface area (Å²) < 4.78 is 38.5. The zero-order valence-corrected chi connectivity index (χ0v) is 16.9. The summed E-state index contributed by atoms with van der Waals surface area (Å²) in [5.74, 6) is -0.323. The van der Waals surface area contributed by atoms with Crippen molar-refractivity contribution in [2.45, 2.75) is 12.7 Å². The largest absolute Gasteiger partial charge is 0.416 e. The number of carbonyl (C=O) groups is 1. The van der Waals surface area contributed by atoms with Gasteiger partial charge in [0.2, 0.25) is 0 Å². The maximum absolute atomic E-state index is 12.8. The molecule has 0 aliphatic rings. The van der Waals surface area contributed by atoms with Crippen molar-refractivity contribution in [2.24, 2.45) is 0 Å². The average Bonchev–Trinajstić information content (AvgIpc) is 3.27. The van der Waals surface area contributed by atoms with Crippen molar-refractivity contribution < 1.29 is 18.0 Å². The van der Waals surface area contributed by atoms with E-state index in [0.717, 1.165) is 28.4 Å². The summed E-state index contributed by atoms with van der Waals surface area (Å²) in [6.07, 6.45) is -1.03. The second-order valence-electron chi connectivity index (χ2n) is 6.67. The molecular weight excluding hydrogens is 423 g/mol. The molecule has 31 heavy (non-hydrogen) atoms. The van der Waals surface area contributed by atoms with Gasteiger partial charge in [-0.3, -0.25) is 9.78 Å². The highest BCUT2D eigenvalue weighted by Crippen LogP contribution is 2.32. The first-order valence-electron chi connectivity index (χ1n) is 9.31. The summed E-state index contributed by atoms with van der Waals surface area (Å²) in [6.45, 7) is 0.246. The van der Waals surface area contributed by atoms with Crippen LogP contribution in [-0.4, -0.2) is 15.9 Å². The molecule has 0 fully saturated rings. The molecule has 0 saturated heterocycles. The summed E-state index contributed by atoms with van der Waals surface area (Å²) in [7, 11) is 0. The maximum Gasteiger partial charge on any atom is 0.416 e. The van der Waals surface area contributed by atoms with Crippen molar-refractivity contribution in [1.29, 1.82) is 0 Å². The lowest BCUT2D eigenvalue weighted by molar-refractivity contribution is -0.137. The summed E-state index contributed by atoms with van der Waals surface area (Å²) in [5, 5.41) is 5.49. The molecule has 2 aromatic heterocycles. The van der Waals surface area contributed by atoms with Crippen LogP contribution >= 0.6 is 11.3 Å². The van der Waals surface area contributed by atoms with Crippen molar-refractivity contribution in [3.05, 3.63) is 94.6 Å². The number of amides is 1. The minimum absolute atomic E-state index is 0.246. The van der Waals surface area contributed by atoms with Crippen LogP contribution in [0.15, 0.2) is 78.4 Å². The molecule has 0 spiro atoms. The summed E-state index contributed by atoms with van der Waals surface area (Å²) >= 11 is 1.43. The number of rotatable bonds is 5. The van der Waals surface area contributed by atoms with Crippen LogP contribution in [-0.2, 0) is 12.7 Å². The number of hydrogen-bond donors (Lipinski definition) is 1. The van der Waals surface area contributed by atoms with E-state index in [0.29, 0.717) is 16.7 Å². The third-order valence-electron chi connectivity index (χ3n) is 4.62. The van der Waals surface area contributed by atoms with Crippen molar-refractivity contribution in [3.8, 4) is 22.4 Å². The Hall–Kier alpha value is -3.52. The van der Waals surface area contributed by atoms with E-state index in [9.17, 15) is 18.0 Å². The van der Waals surface area contributed by atoms with Gasteiger partial charge in [0.15, 0.2) is 0 Å². The molecule has 4 rings (SSSR count). The molecule has 0 aliphatic heterocycles. The molecule has 4 aromatic rings. The first-order chi connectivity index (χ1) is 14.9. The molecule has 4 nitrogen and oxygen atoms in total. The third-order valence-corrected chi connectivity index (χ3v) is 5.47. The Morgan fingerprint density at radius 3 is 2.35 bits per heavy atom. The fourth-order valence-corrected chi connectivity index (χ4v) is 3.81. The van der Waals surface area contributed by atoms with E-state index in [1.165, 1.54) is 23.5 Å². The Labute approximate surface area is 180 Å². The van der Waals surface area contributed by atoms with Gasteiger partial charge in [0.1, 0.15) is 5.01 Å². The zero-order chi connectivity index (χ0) is 21.8. The topological polar surface area (TPSA) is 54.9 Å². The fraction of sp³-hybridized carbons (Fsp3) is 0.0870. The second kappa shape index (κ2) is 8.69. The lowest BCUT2D eigenvalue weighted by Gasteiger charge is -2.11. The summed E-state index contributed by atoms with van der Waals surface area (Å²) in [4.78, 5) is 21.3. The van der Waals surface area contributed by atoms with Gasteiger partial charge >= 0.3 is 6.18 Å². The van der Waals surface area contributed by atoms with Crippen molar-refractivity contribution >= 4 is 17.2 Å². The molecule has 2 aromatic carbocycles. The van der Waals surface area contributed by atoms with E-state index >= 15 is 0 Å². The monoisotopic (exact) mass is 439 g/mol. The molecule has 156 valence electrons. The van der Waals surface area contributed by atoms with Gasteiger partial charge < -0.3 is 5.32 Å². The van der Waals surface area contributed by atoms with Gasteiger partial charge in [-0.1, -0.05) is 30.3 Å². The van der Waals surface area contributed by atoms with Gasteiger partial charge in [-0.2, -0.15) is 13.2 Å². The van der Waals surface area contributed by atoms with Gasteiger partial charge in [-0.15, -0.1) is 11.3 Å². The van der Waals surface area contributed by atoms with Gasteiger partial charge in [0, 0.05) is 28.9 Å². The number of hydrogen-bond acceptors (Lipinski definition) is 4. The summed E-state index contributed by atoms with van der Waals surface area (Å²) in [5.41, 5.74) is 2.50. The molecule has 0 bridgehead atoms. The Bertz CT molecular complexity index is 1190. The van der Waals surface area contributed by atoms with Crippen LogP contribution in [0.2, 0.25) is 0 Å². The van der Waals surface area contributed by atoms with Crippen LogP contribution in [0.5, 0.6) is 0 Å². The number of thiazole rings is 1. The van der Waals surface area contributed by atoms with E-state index in [1.54, 1.807) is 36.7 Å². The highest BCUT2D eigenvalue weighted by atomic mass is 32.1. The van der Waals surface area contributed by atoms with Crippen LogP contribution in [0, 0.1) is 0 Å². The molecule has 0 saturated carbocycles. The fourth-order valence-electron chi connectivity index (χ4n) is 3.07. The number of alkyl halides is 3. The third kappa shape index (κ3) is 4.80. The molecule has 0 atom stereocenters. The van der Waals surface area contributed by atoms with E-state index in [4.69, 9.17) is 0 Å². The second-order valence-corrected chi connectivity index (χ2v) is 7.61. The van der Waals surface area contributed by atoms with Gasteiger partial charge in [0.25, 0.3) is 5.91 Å². The minimum Gasteiger partial charge on any atom is -0.346 e. The van der Waals surface area contributed by atoms with Crippen LogP contribution in [0.25, 0.3) is 22.4 Å². The highest BCUT2D eigenvalue weighted by Gasteiger charge is 2.30. The molecule has 0 unspecified atom stereocenters. The maximum atomic E-state index is 12.8. The van der Waals surface area contributed by atoms with Crippen LogP contribution in [0.3, 0.4) is 0 Å². The van der Waals surface area contributed by atoms with E-state index in [-0.39, 0.29) is 12.5 Å². The van der Waals surface area contributed by atoms with Crippen LogP contribution in [0.1, 0.15) is 20.9 Å². The smallest absolute Gasteiger partial charge is 0.346 e. The Morgan fingerprint density at radius 2 is 1.65 bits per heavy atom. The van der Waals surface area contributed by atoms with Crippen LogP contribution in [0.4, 0.5) is 13.2 Å². The van der Waals surface area contributed by atoms with E-state index in [1.807, 2.05) is 17.5 Å². The molecule has 8 heteroatoms. The number of benzene rings is 2. The van der Waals surface area contributed by atoms with Gasteiger partial charge in [-0.05, 0) is 41.5 Å². The molecule has 0 aliphatic carbocycles. The van der Waals surface area contributed by atoms with Crippen molar-refractivity contribution in [1.82, 2.24) is 15.3 Å². The number of nitrogens with one attached hydrogen (secondary N) is 1. The quantitative estimate of drug-likeness (QED) is 0.426. The molecular formula is C23H16F3N3OS. The zero-order valence-electron chi connectivity index (χ0n) is 16.1. The number of halogens is 3. The highest BCUT2D eigenvalue weighted by molar-refractivity contribution is 7.09. The van der Waals surface area contributed by atoms with Gasteiger partial charge in [0.05, 0.1) is 17.8 Å². The number of aromatic nitrogens is 2. The molecule has 1 amide bonds. The average molecular weight is 439 g/mol. The Kier molecular flexibility index (Phi) is 5.81.